The minimum atomic E-state index is -0.432. The van der Waals surface area contributed by atoms with Crippen molar-refractivity contribution in [3.63, 3.8) is 0 Å². The molecule has 3 rings (SSSR count). The number of carbonyl (C=O) groups excluding carboxylic acids is 2. The molecule has 0 saturated heterocycles. The topological polar surface area (TPSA) is 57.5 Å². The maximum Gasteiger partial charge on any atom is 0.355 e. The molecule has 28 heavy (non-hydrogen) atoms. The summed E-state index contributed by atoms with van der Waals surface area (Å²) in [7, 11) is 4.60. The number of benzene rings is 1. The summed E-state index contributed by atoms with van der Waals surface area (Å²) < 4.78 is 12.1. The zero-order valence-corrected chi connectivity index (χ0v) is 18.4. The minimum absolute atomic E-state index is 0.00659. The van der Waals surface area contributed by atoms with Crippen LogP contribution in [0.15, 0.2) is 24.3 Å². The second-order valence-corrected chi connectivity index (χ2v) is 8.82. The van der Waals surface area contributed by atoms with Crippen LogP contribution in [-0.4, -0.2) is 43.2 Å². The largest absolute Gasteiger partial charge is 0.465 e. The van der Waals surface area contributed by atoms with Gasteiger partial charge in [-0.2, -0.15) is 23.5 Å². The van der Waals surface area contributed by atoms with Crippen molar-refractivity contribution < 1.29 is 19.1 Å². The molecule has 1 heterocycles. The van der Waals surface area contributed by atoms with E-state index in [0.717, 1.165) is 24.1 Å². The van der Waals surface area contributed by atoms with Crippen LogP contribution in [0.4, 0.5) is 0 Å². The van der Waals surface area contributed by atoms with Gasteiger partial charge < -0.3 is 14.0 Å². The van der Waals surface area contributed by atoms with E-state index in [1.807, 2.05) is 24.1 Å². The van der Waals surface area contributed by atoms with E-state index in [4.69, 9.17) is 9.47 Å². The monoisotopic (exact) mass is 419 g/mol. The summed E-state index contributed by atoms with van der Waals surface area (Å²) in [5.74, 6) is -0.836. The van der Waals surface area contributed by atoms with Gasteiger partial charge in [0.25, 0.3) is 0 Å². The number of nitrogens with zero attached hydrogens (tertiary/aromatic N) is 1. The lowest BCUT2D eigenvalue weighted by molar-refractivity contribution is 0.0587. The summed E-state index contributed by atoms with van der Waals surface area (Å²) in [5, 5.41) is -0.0638. The molecule has 0 aliphatic heterocycles. The molecule has 1 aliphatic carbocycles. The third-order valence-corrected chi connectivity index (χ3v) is 7.21. The van der Waals surface area contributed by atoms with Crippen LogP contribution >= 0.6 is 23.5 Å². The number of hydrogen-bond donors (Lipinski definition) is 0. The lowest BCUT2D eigenvalue weighted by Crippen LogP contribution is -2.14. The smallest absolute Gasteiger partial charge is 0.355 e. The molecule has 1 aromatic carbocycles. The first kappa shape index (κ1) is 20.9. The molecular formula is C21H25NO4S2. The van der Waals surface area contributed by atoms with Crippen molar-refractivity contribution in [3.8, 4) is 0 Å². The van der Waals surface area contributed by atoms with Crippen LogP contribution in [0, 0.1) is 0 Å². The number of methoxy groups -OCH3 is 2. The van der Waals surface area contributed by atoms with Crippen LogP contribution in [0.3, 0.4) is 0 Å². The predicted octanol–water partition coefficient (Wildman–Crippen LogP) is 4.21. The summed E-state index contributed by atoms with van der Waals surface area (Å²) in [5.41, 5.74) is 4.89. The van der Waals surface area contributed by atoms with Crippen molar-refractivity contribution in [1.82, 2.24) is 4.57 Å². The molecule has 0 radical (unpaired) electrons. The first-order valence-electron chi connectivity index (χ1n) is 8.99. The summed E-state index contributed by atoms with van der Waals surface area (Å²) in [4.78, 5) is 25.7. The maximum absolute atomic E-state index is 12.9. The van der Waals surface area contributed by atoms with E-state index in [1.54, 1.807) is 23.5 Å². The van der Waals surface area contributed by atoms with E-state index in [1.165, 1.54) is 25.3 Å². The van der Waals surface area contributed by atoms with Gasteiger partial charge in [0.2, 0.25) is 0 Å². The molecule has 150 valence electrons. The Balaban J connectivity index is 2.39. The van der Waals surface area contributed by atoms with Gasteiger partial charge in [-0.25, -0.2) is 9.59 Å². The van der Waals surface area contributed by atoms with Crippen LogP contribution in [-0.2, 0) is 29.4 Å². The van der Waals surface area contributed by atoms with Gasteiger partial charge in [-0.05, 0) is 36.5 Å². The van der Waals surface area contributed by atoms with Gasteiger partial charge in [-0.3, -0.25) is 0 Å². The van der Waals surface area contributed by atoms with E-state index in [9.17, 15) is 9.59 Å². The standard InChI is InChI=1S/C21H25NO4S2/c1-22-18-15(28-5)11-13-8-6-7-12(9-13)10-14(27-4)16(17(18)20(23)25-2)19(22)21(24)26-3/h6-9,14-15H,10-11H2,1-5H3. The molecule has 0 spiro atoms. The molecule has 1 aromatic heterocycles. The average molecular weight is 420 g/mol. The first-order valence-corrected chi connectivity index (χ1v) is 11.6. The van der Waals surface area contributed by atoms with E-state index >= 15 is 0 Å². The lowest BCUT2D eigenvalue weighted by atomic mass is 9.94. The summed E-state index contributed by atoms with van der Waals surface area (Å²) in [6.45, 7) is 0. The highest BCUT2D eigenvalue weighted by Crippen LogP contribution is 2.44. The van der Waals surface area contributed by atoms with Crippen LogP contribution in [0.2, 0.25) is 0 Å². The van der Waals surface area contributed by atoms with Gasteiger partial charge in [0, 0.05) is 28.8 Å². The molecule has 0 fully saturated rings. The normalized spacial score (nSPS) is 18.5. The van der Waals surface area contributed by atoms with Crippen molar-refractivity contribution in [3.05, 3.63) is 57.9 Å². The Morgan fingerprint density at radius 2 is 1.57 bits per heavy atom. The number of esters is 2. The molecule has 2 aromatic rings. The Kier molecular flexibility index (Phi) is 6.45. The maximum atomic E-state index is 12.9. The van der Waals surface area contributed by atoms with Gasteiger partial charge >= 0.3 is 11.9 Å². The molecule has 4 bridgehead atoms. The minimum Gasteiger partial charge on any atom is -0.465 e. The molecule has 2 unspecified atom stereocenters. The number of rotatable bonds is 4. The summed E-state index contributed by atoms with van der Waals surface area (Å²) >= 11 is 3.29. The highest BCUT2D eigenvalue weighted by molar-refractivity contribution is 7.99. The number of fused-ring (bicyclic) bond motifs is 4. The molecule has 0 N–H and O–H groups in total. The Labute approximate surface area is 174 Å². The van der Waals surface area contributed by atoms with Crippen LogP contribution < -0.4 is 0 Å². The Hall–Kier alpha value is -1.86. The van der Waals surface area contributed by atoms with Crippen molar-refractivity contribution in [1.29, 1.82) is 0 Å². The zero-order chi connectivity index (χ0) is 20.4. The average Bonchev–Trinajstić information content (AvgIpc) is 3.01. The zero-order valence-electron chi connectivity index (χ0n) is 16.8. The third-order valence-electron chi connectivity index (χ3n) is 5.28. The lowest BCUT2D eigenvalue weighted by Gasteiger charge is -2.21. The molecule has 2 atom stereocenters. The number of thioether (sulfide) groups is 2. The number of carbonyl (C=O) groups is 2. The molecule has 7 heteroatoms. The van der Waals surface area contributed by atoms with Gasteiger partial charge in [-0.15, -0.1) is 0 Å². The van der Waals surface area contributed by atoms with Gasteiger partial charge in [-0.1, -0.05) is 24.3 Å². The summed E-state index contributed by atoms with van der Waals surface area (Å²) in [6, 6.07) is 8.53. The van der Waals surface area contributed by atoms with Gasteiger partial charge in [0.1, 0.15) is 5.69 Å². The van der Waals surface area contributed by atoms with Gasteiger partial charge in [0.15, 0.2) is 0 Å². The quantitative estimate of drug-likeness (QED) is 0.692. The second-order valence-electron chi connectivity index (χ2n) is 6.74. The fraction of sp³-hybridized carbons (Fsp3) is 0.429. The van der Waals surface area contributed by atoms with E-state index in [2.05, 4.69) is 24.3 Å². The molecule has 5 nitrogen and oxygen atoms in total. The van der Waals surface area contributed by atoms with E-state index < -0.39 is 11.9 Å². The third kappa shape index (κ3) is 3.57. The number of aromatic nitrogens is 1. The van der Waals surface area contributed by atoms with Crippen molar-refractivity contribution in [2.75, 3.05) is 26.7 Å². The second kappa shape index (κ2) is 8.66. The van der Waals surface area contributed by atoms with E-state index in [0.29, 0.717) is 11.3 Å². The number of hydrogen-bond acceptors (Lipinski definition) is 6. The highest BCUT2D eigenvalue weighted by atomic mass is 32.2. The summed E-state index contributed by atoms with van der Waals surface area (Å²) in [6.07, 6.45) is 5.51. The predicted molar refractivity (Wildman–Crippen MR) is 114 cm³/mol. The van der Waals surface area contributed by atoms with Gasteiger partial charge in [0.05, 0.1) is 19.8 Å². The van der Waals surface area contributed by atoms with Crippen LogP contribution in [0.1, 0.15) is 53.7 Å². The van der Waals surface area contributed by atoms with Crippen molar-refractivity contribution in [2.24, 2.45) is 7.05 Å². The molecular weight excluding hydrogens is 394 g/mol. The van der Waals surface area contributed by atoms with Crippen LogP contribution in [0.25, 0.3) is 0 Å². The van der Waals surface area contributed by atoms with Crippen molar-refractivity contribution >= 4 is 35.5 Å². The first-order chi connectivity index (χ1) is 13.5. The Bertz CT molecular complexity index is 906. The molecule has 0 saturated carbocycles. The van der Waals surface area contributed by atoms with E-state index in [-0.39, 0.29) is 10.5 Å². The Morgan fingerprint density at radius 1 is 1.00 bits per heavy atom. The van der Waals surface area contributed by atoms with Crippen LogP contribution in [0.5, 0.6) is 0 Å². The highest BCUT2D eigenvalue weighted by Gasteiger charge is 2.37. The Morgan fingerprint density at radius 3 is 2.11 bits per heavy atom. The van der Waals surface area contributed by atoms with Crippen molar-refractivity contribution in [2.45, 2.75) is 23.3 Å². The molecule has 1 aliphatic rings. The fourth-order valence-corrected chi connectivity index (χ4v) is 5.67. The SMILES string of the molecule is COC(=O)c1c2c(C(=O)OC)n(C)c1C(SC)Cc1cccc(c1)CC2SC. The fourth-order valence-electron chi connectivity index (χ4n) is 3.98. The molecule has 0 amide bonds. The number of ether oxygens (including phenoxy) is 2.